The van der Waals surface area contributed by atoms with Gasteiger partial charge in [0.1, 0.15) is 6.04 Å². The van der Waals surface area contributed by atoms with Gasteiger partial charge in [0.25, 0.3) is 5.56 Å². The molecule has 36 heavy (non-hydrogen) atoms. The van der Waals surface area contributed by atoms with E-state index in [2.05, 4.69) is 15.2 Å². The van der Waals surface area contributed by atoms with Crippen molar-refractivity contribution in [1.29, 1.82) is 0 Å². The van der Waals surface area contributed by atoms with Crippen LogP contribution >= 0.6 is 0 Å². The Bertz CT molecular complexity index is 1280. The molecule has 1 fully saturated rings. The van der Waals surface area contributed by atoms with E-state index in [1.165, 1.54) is 17.3 Å². The monoisotopic (exact) mass is 490 g/mol. The molecular formula is C28H34N4O4. The van der Waals surface area contributed by atoms with Gasteiger partial charge in [0.2, 0.25) is 5.91 Å². The predicted molar refractivity (Wildman–Crippen MR) is 140 cm³/mol. The van der Waals surface area contributed by atoms with E-state index in [1.807, 2.05) is 44.2 Å². The van der Waals surface area contributed by atoms with Crippen LogP contribution in [0.5, 0.6) is 0 Å². The average Bonchev–Trinajstić information content (AvgIpc) is 2.88. The summed E-state index contributed by atoms with van der Waals surface area (Å²) < 4.78 is 1.37. The van der Waals surface area contributed by atoms with Crippen molar-refractivity contribution in [2.75, 3.05) is 18.0 Å². The van der Waals surface area contributed by atoms with Crippen LogP contribution in [-0.2, 0) is 9.59 Å². The van der Waals surface area contributed by atoms with Crippen molar-refractivity contribution in [3.63, 3.8) is 0 Å². The minimum Gasteiger partial charge on any atom is -0.481 e. The van der Waals surface area contributed by atoms with Crippen LogP contribution < -0.4 is 15.8 Å². The number of benzene rings is 2. The van der Waals surface area contributed by atoms with Crippen molar-refractivity contribution in [3.05, 3.63) is 70.8 Å². The summed E-state index contributed by atoms with van der Waals surface area (Å²) in [5, 5.41) is 13.0. The third kappa shape index (κ3) is 5.93. The van der Waals surface area contributed by atoms with E-state index in [9.17, 15) is 19.5 Å². The van der Waals surface area contributed by atoms with Crippen molar-refractivity contribution < 1.29 is 14.7 Å². The number of anilines is 1. The molecule has 1 saturated heterocycles. The molecule has 0 bridgehead atoms. The molecule has 0 aliphatic carbocycles. The maximum Gasteiger partial charge on any atom is 0.305 e. The van der Waals surface area contributed by atoms with Gasteiger partial charge >= 0.3 is 5.97 Å². The quantitative estimate of drug-likeness (QED) is 0.463. The number of amides is 1. The molecule has 1 aromatic heterocycles. The van der Waals surface area contributed by atoms with E-state index < -0.39 is 24.0 Å². The number of aromatic nitrogens is 2. The number of para-hydroxylation sites is 1. The molecule has 2 heterocycles. The van der Waals surface area contributed by atoms with Crippen LogP contribution in [0.1, 0.15) is 63.6 Å². The molecule has 2 aromatic carbocycles. The van der Waals surface area contributed by atoms with Crippen LogP contribution in [-0.4, -0.2) is 39.6 Å². The number of carboxylic acids is 1. The summed E-state index contributed by atoms with van der Waals surface area (Å²) in [4.78, 5) is 45.3. The highest BCUT2D eigenvalue weighted by Crippen LogP contribution is 2.27. The average molecular weight is 491 g/mol. The van der Waals surface area contributed by atoms with Crippen LogP contribution in [0.4, 0.5) is 5.69 Å². The van der Waals surface area contributed by atoms with Crippen molar-refractivity contribution in [2.24, 2.45) is 5.92 Å². The van der Waals surface area contributed by atoms with E-state index in [0.717, 1.165) is 37.2 Å². The molecule has 2 atom stereocenters. The number of piperidine rings is 1. The largest absolute Gasteiger partial charge is 0.481 e. The lowest BCUT2D eigenvalue weighted by atomic mass is 9.99. The third-order valence-corrected chi connectivity index (χ3v) is 6.71. The highest BCUT2D eigenvalue weighted by atomic mass is 16.4. The van der Waals surface area contributed by atoms with Crippen molar-refractivity contribution in [1.82, 2.24) is 14.9 Å². The topological polar surface area (TPSA) is 105 Å². The Morgan fingerprint density at radius 3 is 2.53 bits per heavy atom. The molecule has 3 aromatic rings. The van der Waals surface area contributed by atoms with Gasteiger partial charge in [0.05, 0.1) is 29.7 Å². The number of carboxylic acid groups (broad SMARTS) is 1. The van der Waals surface area contributed by atoms with Crippen LogP contribution in [0.2, 0.25) is 0 Å². The van der Waals surface area contributed by atoms with Gasteiger partial charge < -0.3 is 15.3 Å². The molecule has 0 spiro atoms. The van der Waals surface area contributed by atoms with E-state index in [0.29, 0.717) is 17.3 Å². The Balaban J connectivity index is 1.65. The summed E-state index contributed by atoms with van der Waals surface area (Å²) in [6.45, 7) is 5.90. The van der Waals surface area contributed by atoms with E-state index in [1.54, 1.807) is 18.2 Å². The number of hydrogen-bond donors (Lipinski definition) is 2. The fraction of sp³-hybridized carbons (Fsp3) is 0.429. The fourth-order valence-corrected chi connectivity index (χ4v) is 4.88. The molecule has 190 valence electrons. The predicted octanol–water partition coefficient (Wildman–Crippen LogP) is 4.31. The Hall–Kier alpha value is -3.68. The van der Waals surface area contributed by atoms with E-state index >= 15 is 0 Å². The first kappa shape index (κ1) is 25.4. The molecule has 0 radical (unpaired) electrons. The highest BCUT2D eigenvalue weighted by Gasteiger charge is 2.28. The second-order valence-corrected chi connectivity index (χ2v) is 9.92. The molecule has 8 nitrogen and oxygen atoms in total. The number of hydrogen-bond acceptors (Lipinski definition) is 5. The van der Waals surface area contributed by atoms with Crippen molar-refractivity contribution >= 4 is 28.5 Å². The summed E-state index contributed by atoms with van der Waals surface area (Å²) in [5.41, 5.74) is 2.05. The minimum atomic E-state index is -1.01. The number of nitrogens with zero attached hydrogens (tertiary/aromatic N) is 3. The van der Waals surface area contributed by atoms with Gasteiger partial charge in [-0.2, -0.15) is 0 Å². The summed E-state index contributed by atoms with van der Waals surface area (Å²) in [5.74, 6) is -1.27. The lowest BCUT2D eigenvalue weighted by Gasteiger charge is -2.30. The van der Waals surface area contributed by atoms with Gasteiger partial charge in [-0.1, -0.05) is 38.1 Å². The molecule has 1 amide bonds. The lowest BCUT2D eigenvalue weighted by molar-refractivity contribution is -0.138. The van der Waals surface area contributed by atoms with Crippen molar-refractivity contribution in [3.8, 4) is 0 Å². The zero-order valence-corrected chi connectivity index (χ0v) is 20.9. The van der Waals surface area contributed by atoms with Crippen LogP contribution in [0, 0.1) is 5.92 Å². The van der Waals surface area contributed by atoms with Crippen LogP contribution in [0.15, 0.2) is 59.7 Å². The zero-order chi connectivity index (χ0) is 25.7. The molecule has 2 N–H and O–H groups in total. The van der Waals surface area contributed by atoms with Crippen molar-refractivity contribution in [2.45, 2.75) is 58.0 Å². The summed E-state index contributed by atoms with van der Waals surface area (Å²) in [6, 6.07) is 13.3. The van der Waals surface area contributed by atoms with Gasteiger partial charge in [-0.3, -0.25) is 19.0 Å². The first-order chi connectivity index (χ1) is 17.3. The Morgan fingerprint density at radius 2 is 1.81 bits per heavy atom. The van der Waals surface area contributed by atoms with Gasteiger partial charge in [-0.15, -0.1) is 0 Å². The zero-order valence-electron chi connectivity index (χ0n) is 20.9. The smallest absolute Gasteiger partial charge is 0.305 e. The minimum absolute atomic E-state index is 0.125. The van der Waals surface area contributed by atoms with Crippen LogP contribution in [0.3, 0.4) is 0 Å². The second kappa shape index (κ2) is 11.4. The van der Waals surface area contributed by atoms with Gasteiger partial charge in [0.15, 0.2) is 0 Å². The summed E-state index contributed by atoms with van der Waals surface area (Å²) in [6.07, 6.45) is 5.05. The molecule has 1 aliphatic heterocycles. The maximum absolute atomic E-state index is 13.6. The third-order valence-electron chi connectivity index (χ3n) is 6.71. The summed E-state index contributed by atoms with van der Waals surface area (Å²) in [7, 11) is 0. The Labute approximate surface area is 211 Å². The fourth-order valence-electron chi connectivity index (χ4n) is 4.88. The number of carbonyl (C=O) groups excluding carboxylic acids is 1. The number of nitrogens with one attached hydrogen (secondary N) is 1. The molecule has 4 rings (SSSR count). The lowest BCUT2D eigenvalue weighted by Crippen LogP contribution is -2.40. The Morgan fingerprint density at radius 1 is 1.06 bits per heavy atom. The van der Waals surface area contributed by atoms with Gasteiger partial charge in [0, 0.05) is 18.8 Å². The maximum atomic E-state index is 13.6. The number of rotatable bonds is 9. The standard InChI is InChI=1S/C28H34N4O4/c1-19(2)15-25(32-18-29-23-12-5-4-11-22(23)28(32)36)27(35)30-24(17-26(33)34)20-9-8-10-21(16-20)31-13-6-3-7-14-31/h4-5,8-12,16,18-19,24-25H,3,6-7,13-15,17H2,1-2H3,(H,30,35)(H,33,34)/t24?,25-/m0/s1. The Kier molecular flexibility index (Phi) is 8.03. The molecule has 1 unspecified atom stereocenters. The number of carbonyl (C=O) groups is 2. The first-order valence-electron chi connectivity index (χ1n) is 12.7. The molecule has 8 heteroatoms. The normalized spacial score (nSPS) is 15.6. The van der Waals surface area contributed by atoms with E-state index in [4.69, 9.17) is 0 Å². The summed E-state index contributed by atoms with van der Waals surface area (Å²) >= 11 is 0. The highest BCUT2D eigenvalue weighted by molar-refractivity contribution is 5.83. The number of aliphatic carboxylic acids is 1. The van der Waals surface area contributed by atoms with E-state index in [-0.39, 0.29) is 17.9 Å². The SMILES string of the molecule is CC(C)C[C@@H](C(=O)NC(CC(=O)O)c1cccc(N2CCCCC2)c1)n1cnc2ccccc2c1=O. The first-order valence-corrected chi connectivity index (χ1v) is 12.7. The van der Waals surface area contributed by atoms with Gasteiger partial charge in [-0.25, -0.2) is 4.98 Å². The molecule has 0 saturated carbocycles. The second-order valence-electron chi connectivity index (χ2n) is 9.92. The van der Waals surface area contributed by atoms with Gasteiger partial charge in [-0.05, 0) is 61.4 Å². The molecular weight excluding hydrogens is 456 g/mol. The number of fused-ring (bicyclic) bond motifs is 1. The van der Waals surface area contributed by atoms with Crippen LogP contribution in [0.25, 0.3) is 10.9 Å². The molecule has 1 aliphatic rings.